The van der Waals surface area contributed by atoms with Crippen LogP contribution in [0.15, 0.2) is 17.1 Å². The number of carbonyl (C=O) groups excluding carboxylic acids is 1. The van der Waals surface area contributed by atoms with E-state index in [1.807, 2.05) is 0 Å². The summed E-state index contributed by atoms with van der Waals surface area (Å²) in [6.07, 6.45) is 1.13. The van der Waals surface area contributed by atoms with E-state index < -0.39 is 16.4 Å². The maximum absolute atomic E-state index is 13.2. The van der Waals surface area contributed by atoms with Gasteiger partial charge in [0.05, 0.1) is 4.92 Å². The molecule has 0 aromatic heterocycles. The number of hydrogen-bond acceptors (Lipinski definition) is 4. The maximum Gasteiger partial charge on any atom is 0.307 e. The molecule has 0 fully saturated rings. The van der Waals surface area contributed by atoms with Crippen molar-refractivity contribution in [3.05, 3.63) is 33.6 Å². The Morgan fingerprint density at radius 2 is 2.21 bits per heavy atom. The molecule has 0 atom stereocenters. The molecule has 0 aliphatic carbocycles. The van der Waals surface area contributed by atoms with Crippen LogP contribution in [0.25, 0.3) is 0 Å². The third kappa shape index (κ3) is 1.81. The number of nitro groups is 1. The zero-order valence-corrected chi connectivity index (χ0v) is 7.15. The second-order valence-electron chi connectivity index (χ2n) is 2.58. The second kappa shape index (κ2) is 3.76. The third-order valence-electron chi connectivity index (χ3n) is 1.54. The zero-order chi connectivity index (χ0) is 10.7. The Labute approximate surface area is 78.0 Å². The van der Waals surface area contributed by atoms with Crippen LogP contribution >= 0.6 is 0 Å². The number of aliphatic imine (C=N–C) groups is 1. The number of halogens is 1. The van der Waals surface area contributed by atoms with Gasteiger partial charge in [0.1, 0.15) is 5.69 Å². The van der Waals surface area contributed by atoms with Crippen molar-refractivity contribution >= 4 is 17.5 Å². The van der Waals surface area contributed by atoms with Crippen LogP contribution < -0.4 is 0 Å². The first-order valence-electron chi connectivity index (χ1n) is 3.58. The van der Waals surface area contributed by atoms with Crippen molar-refractivity contribution in [3.63, 3.8) is 0 Å². The Balaban J connectivity index is 3.46. The summed E-state index contributed by atoms with van der Waals surface area (Å²) >= 11 is 0. The molecule has 0 aliphatic rings. The van der Waals surface area contributed by atoms with Gasteiger partial charge in [-0.3, -0.25) is 10.1 Å². The molecule has 0 unspecified atom stereocenters. The lowest BCUT2D eigenvalue weighted by Crippen LogP contribution is -1.93. The number of hydrogen-bond donors (Lipinski definition) is 0. The number of aryl methyl sites for hydroxylation is 1. The molecule has 0 saturated heterocycles. The number of isocyanates is 1. The van der Waals surface area contributed by atoms with Crippen LogP contribution in [0.1, 0.15) is 5.56 Å². The van der Waals surface area contributed by atoms with Gasteiger partial charge in [0.15, 0.2) is 0 Å². The van der Waals surface area contributed by atoms with E-state index in [0.29, 0.717) is 5.56 Å². The normalized spacial score (nSPS) is 9.29. The van der Waals surface area contributed by atoms with Gasteiger partial charge in [-0.1, -0.05) is 0 Å². The molecule has 6 heteroatoms. The highest BCUT2D eigenvalue weighted by molar-refractivity contribution is 5.56. The lowest BCUT2D eigenvalue weighted by atomic mass is 10.2. The average Bonchev–Trinajstić information content (AvgIpc) is 2.10. The molecule has 0 N–H and O–H groups in total. The molecular formula is C8H5FN2O3. The highest BCUT2D eigenvalue weighted by atomic mass is 19.1. The van der Waals surface area contributed by atoms with Crippen molar-refractivity contribution in [1.29, 1.82) is 0 Å². The maximum atomic E-state index is 13.2. The van der Waals surface area contributed by atoms with Crippen LogP contribution in [-0.4, -0.2) is 11.0 Å². The predicted octanol–water partition coefficient (Wildman–Crippen LogP) is 2.01. The first-order valence-corrected chi connectivity index (χ1v) is 3.58. The van der Waals surface area contributed by atoms with Crippen LogP contribution in [0.3, 0.4) is 0 Å². The van der Waals surface area contributed by atoms with Crippen LogP contribution in [0.5, 0.6) is 0 Å². The number of nitrogens with zero attached hydrogens (tertiary/aromatic N) is 2. The second-order valence-corrected chi connectivity index (χ2v) is 2.58. The van der Waals surface area contributed by atoms with E-state index in [2.05, 4.69) is 4.99 Å². The Hall–Kier alpha value is -2.07. The molecule has 14 heavy (non-hydrogen) atoms. The van der Waals surface area contributed by atoms with E-state index in [9.17, 15) is 19.3 Å². The predicted molar refractivity (Wildman–Crippen MR) is 45.6 cm³/mol. The Morgan fingerprint density at radius 1 is 1.57 bits per heavy atom. The van der Waals surface area contributed by atoms with Gasteiger partial charge in [0.2, 0.25) is 11.9 Å². The van der Waals surface area contributed by atoms with Gasteiger partial charge in [0.25, 0.3) is 0 Å². The Bertz CT molecular complexity index is 415. The number of nitro benzene ring substituents is 1. The molecule has 1 rings (SSSR count). The van der Waals surface area contributed by atoms with Crippen molar-refractivity contribution in [2.75, 3.05) is 0 Å². The minimum absolute atomic E-state index is 0.369. The number of benzene rings is 1. The van der Waals surface area contributed by atoms with Crippen molar-refractivity contribution in [2.24, 2.45) is 4.99 Å². The van der Waals surface area contributed by atoms with Crippen LogP contribution in [0.2, 0.25) is 0 Å². The summed E-state index contributed by atoms with van der Waals surface area (Å²) in [4.78, 5) is 22.4. The SMILES string of the molecule is Cc1cc(N=C=O)c(F)c([N+](=O)[O-])c1. The summed E-state index contributed by atoms with van der Waals surface area (Å²) in [5.74, 6) is -1.12. The topological polar surface area (TPSA) is 72.6 Å². The quantitative estimate of drug-likeness (QED) is 0.314. The molecule has 0 saturated carbocycles. The summed E-state index contributed by atoms with van der Waals surface area (Å²) in [5, 5.41) is 10.4. The lowest BCUT2D eigenvalue weighted by molar-refractivity contribution is -0.387. The summed E-state index contributed by atoms with van der Waals surface area (Å²) in [6, 6.07) is 2.30. The zero-order valence-electron chi connectivity index (χ0n) is 7.15. The third-order valence-corrected chi connectivity index (χ3v) is 1.54. The molecule has 5 nitrogen and oxygen atoms in total. The molecule has 0 aliphatic heterocycles. The largest absolute Gasteiger partial charge is 0.307 e. The van der Waals surface area contributed by atoms with Gasteiger partial charge < -0.3 is 0 Å². The van der Waals surface area contributed by atoms with Crippen LogP contribution in [0, 0.1) is 22.9 Å². The highest BCUT2D eigenvalue weighted by Crippen LogP contribution is 2.27. The van der Waals surface area contributed by atoms with Gasteiger partial charge in [-0.05, 0) is 18.6 Å². The molecular weight excluding hydrogens is 191 g/mol. The van der Waals surface area contributed by atoms with E-state index in [1.165, 1.54) is 13.0 Å². The van der Waals surface area contributed by atoms with Crippen LogP contribution in [-0.2, 0) is 4.79 Å². The average molecular weight is 196 g/mol. The smallest absolute Gasteiger partial charge is 0.258 e. The van der Waals surface area contributed by atoms with E-state index in [0.717, 1.165) is 12.1 Å². The fourth-order valence-corrected chi connectivity index (χ4v) is 0.994. The number of rotatable bonds is 2. The minimum Gasteiger partial charge on any atom is -0.258 e. The fourth-order valence-electron chi connectivity index (χ4n) is 0.994. The molecule has 0 amide bonds. The molecule has 0 heterocycles. The monoisotopic (exact) mass is 196 g/mol. The summed E-state index contributed by atoms with van der Waals surface area (Å²) in [5.41, 5.74) is -0.613. The highest BCUT2D eigenvalue weighted by Gasteiger charge is 2.18. The van der Waals surface area contributed by atoms with Crippen molar-refractivity contribution in [1.82, 2.24) is 0 Å². The summed E-state index contributed by atoms with van der Waals surface area (Å²) in [6.45, 7) is 1.54. The van der Waals surface area contributed by atoms with Gasteiger partial charge >= 0.3 is 5.69 Å². The fraction of sp³-hybridized carbons (Fsp3) is 0.125. The molecule has 72 valence electrons. The van der Waals surface area contributed by atoms with Gasteiger partial charge in [-0.25, -0.2) is 4.79 Å². The molecule has 0 spiro atoms. The van der Waals surface area contributed by atoms with Gasteiger partial charge in [-0.15, -0.1) is 0 Å². The van der Waals surface area contributed by atoms with Crippen molar-refractivity contribution < 1.29 is 14.1 Å². The summed E-state index contributed by atoms with van der Waals surface area (Å²) in [7, 11) is 0. The molecule has 1 aromatic rings. The summed E-state index contributed by atoms with van der Waals surface area (Å²) < 4.78 is 13.2. The van der Waals surface area contributed by atoms with Crippen molar-refractivity contribution in [2.45, 2.75) is 6.92 Å². The first kappa shape index (κ1) is 10.0. The molecule has 0 bridgehead atoms. The Kier molecular flexibility index (Phi) is 2.69. The molecule has 1 aromatic carbocycles. The van der Waals surface area contributed by atoms with E-state index in [-0.39, 0.29) is 5.69 Å². The van der Waals surface area contributed by atoms with Crippen molar-refractivity contribution in [3.8, 4) is 0 Å². The Morgan fingerprint density at radius 3 is 2.71 bits per heavy atom. The van der Waals surface area contributed by atoms with E-state index in [1.54, 1.807) is 0 Å². The first-order chi connectivity index (χ1) is 6.56. The minimum atomic E-state index is -1.12. The van der Waals surface area contributed by atoms with Gasteiger partial charge in [0, 0.05) is 6.07 Å². The standard InChI is InChI=1S/C8H5FN2O3/c1-5-2-6(10-4-12)8(9)7(3-5)11(13)14/h2-3H,1H3. The van der Waals surface area contributed by atoms with E-state index >= 15 is 0 Å². The van der Waals surface area contributed by atoms with Crippen LogP contribution in [0.4, 0.5) is 15.8 Å². The lowest BCUT2D eigenvalue weighted by Gasteiger charge is -1.98. The van der Waals surface area contributed by atoms with E-state index in [4.69, 9.17) is 0 Å². The molecule has 0 radical (unpaired) electrons. The van der Waals surface area contributed by atoms with Gasteiger partial charge in [-0.2, -0.15) is 9.38 Å².